The molecule has 5 rings (SSSR count). The summed E-state index contributed by atoms with van der Waals surface area (Å²) in [5.41, 5.74) is 5.15. The van der Waals surface area contributed by atoms with Crippen molar-refractivity contribution in [3.05, 3.63) is 72.3 Å². The maximum atomic E-state index is 13.0. The number of carbonyl (C=O) groups is 1. The molecule has 4 aromatic rings. The van der Waals surface area contributed by atoms with Crippen molar-refractivity contribution in [1.82, 2.24) is 20.2 Å². The molecule has 0 bridgehead atoms. The standard InChI is InChI=1S/C23H22N4O4/c28-23(26-31-21-10-4-5-11-30-21)18-13-20(16-7-2-1-3-8-16)25-22-19(18)14-24-27(22)15-17-9-6-12-29-17/h1-3,6-9,12-14,21H,4-5,10-11,15H2,(H,26,28). The van der Waals surface area contributed by atoms with Crippen LogP contribution in [0.15, 0.2) is 65.4 Å². The van der Waals surface area contributed by atoms with E-state index in [2.05, 4.69) is 10.6 Å². The molecule has 1 N–H and O–H groups in total. The van der Waals surface area contributed by atoms with Gasteiger partial charge < -0.3 is 9.15 Å². The number of benzene rings is 1. The van der Waals surface area contributed by atoms with Gasteiger partial charge in [0.2, 0.25) is 0 Å². The molecule has 3 aromatic heterocycles. The van der Waals surface area contributed by atoms with Gasteiger partial charge in [-0.25, -0.2) is 20.0 Å². The van der Waals surface area contributed by atoms with Gasteiger partial charge in [0.15, 0.2) is 11.9 Å². The molecule has 0 saturated carbocycles. The average molecular weight is 418 g/mol. The lowest BCUT2D eigenvalue weighted by molar-refractivity contribution is -0.186. The number of hydroxylamine groups is 1. The predicted octanol–water partition coefficient (Wildman–Crippen LogP) is 3.93. The van der Waals surface area contributed by atoms with Crippen molar-refractivity contribution in [2.75, 3.05) is 6.61 Å². The van der Waals surface area contributed by atoms with Crippen LogP contribution in [0.5, 0.6) is 0 Å². The zero-order valence-corrected chi connectivity index (χ0v) is 16.9. The molecule has 158 valence electrons. The average Bonchev–Trinajstić information content (AvgIpc) is 3.49. The molecule has 4 heterocycles. The Hall–Kier alpha value is -3.49. The number of pyridine rings is 1. The van der Waals surface area contributed by atoms with Crippen molar-refractivity contribution in [3.63, 3.8) is 0 Å². The van der Waals surface area contributed by atoms with Crippen LogP contribution in [-0.2, 0) is 16.1 Å². The van der Waals surface area contributed by atoms with E-state index in [1.54, 1.807) is 23.2 Å². The van der Waals surface area contributed by atoms with Crippen LogP contribution in [0.1, 0.15) is 35.4 Å². The van der Waals surface area contributed by atoms with Crippen molar-refractivity contribution in [2.24, 2.45) is 0 Å². The Morgan fingerprint density at radius 1 is 1.19 bits per heavy atom. The van der Waals surface area contributed by atoms with Gasteiger partial charge in [-0.3, -0.25) is 4.79 Å². The zero-order chi connectivity index (χ0) is 21.0. The lowest BCUT2D eigenvalue weighted by atomic mass is 10.1. The third-order valence-corrected chi connectivity index (χ3v) is 5.23. The molecule has 1 aromatic carbocycles. The highest BCUT2D eigenvalue weighted by atomic mass is 16.8. The third kappa shape index (κ3) is 4.21. The summed E-state index contributed by atoms with van der Waals surface area (Å²) >= 11 is 0. The number of amides is 1. The fourth-order valence-corrected chi connectivity index (χ4v) is 3.64. The number of nitrogens with zero attached hydrogens (tertiary/aromatic N) is 3. The van der Waals surface area contributed by atoms with E-state index in [1.165, 1.54) is 0 Å². The summed E-state index contributed by atoms with van der Waals surface area (Å²) < 4.78 is 12.7. The summed E-state index contributed by atoms with van der Waals surface area (Å²) in [6, 6.07) is 15.2. The molecule has 1 amide bonds. The molecule has 1 aliphatic rings. The molecule has 1 atom stereocenters. The van der Waals surface area contributed by atoms with Crippen LogP contribution < -0.4 is 5.48 Å². The monoisotopic (exact) mass is 418 g/mol. The molecule has 0 radical (unpaired) electrons. The Bertz CT molecular complexity index is 1170. The number of carbonyl (C=O) groups excluding carboxylic acids is 1. The topological polar surface area (TPSA) is 91.4 Å². The second-order valence-corrected chi connectivity index (χ2v) is 7.39. The van der Waals surface area contributed by atoms with E-state index < -0.39 is 6.29 Å². The van der Waals surface area contributed by atoms with E-state index >= 15 is 0 Å². The van der Waals surface area contributed by atoms with Gasteiger partial charge in [-0.15, -0.1) is 0 Å². The molecule has 8 nitrogen and oxygen atoms in total. The Kier molecular flexibility index (Phi) is 5.47. The zero-order valence-electron chi connectivity index (χ0n) is 16.9. The van der Waals surface area contributed by atoms with Crippen molar-refractivity contribution in [3.8, 4) is 11.3 Å². The fraction of sp³-hybridized carbons (Fsp3) is 0.261. The minimum absolute atomic E-state index is 0.365. The Balaban J connectivity index is 1.50. The van der Waals surface area contributed by atoms with Crippen LogP contribution in [-0.4, -0.2) is 33.6 Å². The SMILES string of the molecule is O=C(NOC1CCCCO1)c1cc(-c2ccccc2)nc2c1cnn2Cc1ccco1. The van der Waals surface area contributed by atoms with Gasteiger partial charge in [0, 0.05) is 18.6 Å². The molecule has 0 spiro atoms. The van der Waals surface area contributed by atoms with Crippen molar-refractivity contribution in [2.45, 2.75) is 32.1 Å². The summed E-state index contributed by atoms with van der Waals surface area (Å²) in [5.74, 6) is 0.386. The number of nitrogens with one attached hydrogen (secondary N) is 1. The molecule has 8 heteroatoms. The molecule has 31 heavy (non-hydrogen) atoms. The normalized spacial score (nSPS) is 16.5. The molecule has 1 aliphatic heterocycles. The summed E-state index contributed by atoms with van der Waals surface area (Å²) in [5, 5.41) is 5.08. The second-order valence-electron chi connectivity index (χ2n) is 7.39. The smallest absolute Gasteiger partial charge is 0.275 e. The van der Waals surface area contributed by atoms with E-state index in [4.69, 9.17) is 19.0 Å². The summed E-state index contributed by atoms with van der Waals surface area (Å²) in [6.07, 6.45) is 5.61. The van der Waals surface area contributed by atoms with Gasteiger partial charge >= 0.3 is 0 Å². The lowest BCUT2D eigenvalue weighted by Gasteiger charge is -2.22. The lowest BCUT2D eigenvalue weighted by Crippen LogP contribution is -2.33. The van der Waals surface area contributed by atoms with Crippen molar-refractivity contribution < 1.29 is 18.8 Å². The van der Waals surface area contributed by atoms with Crippen molar-refractivity contribution in [1.29, 1.82) is 0 Å². The highest BCUT2D eigenvalue weighted by Crippen LogP contribution is 2.25. The van der Waals surface area contributed by atoms with Crippen LogP contribution in [0, 0.1) is 0 Å². The highest BCUT2D eigenvalue weighted by Gasteiger charge is 2.21. The quantitative estimate of drug-likeness (QED) is 0.477. The maximum Gasteiger partial charge on any atom is 0.275 e. The molecular weight excluding hydrogens is 396 g/mol. The highest BCUT2D eigenvalue weighted by molar-refractivity contribution is 6.06. The number of hydrogen-bond donors (Lipinski definition) is 1. The molecule has 1 saturated heterocycles. The van der Waals surface area contributed by atoms with Crippen LogP contribution in [0.2, 0.25) is 0 Å². The number of fused-ring (bicyclic) bond motifs is 1. The van der Waals surface area contributed by atoms with Gasteiger partial charge in [0.1, 0.15) is 12.3 Å². The van der Waals surface area contributed by atoms with Gasteiger partial charge in [-0.2, -0.15) is 5.10 Å². The Morgan fingerprint density at radius 2 is 2.10 bits per heavy atom. The van der Waals surface area contributed by atoms with Crippen LogP contribution in [0.4, 0.5) is 0 Å². The van der Waals surface area contributed by atoms with Gasteiger partial charge in [-0.1, -0.05) is 30.3 Å². The van der Waals surface area contributed by atoms with Gasteiger partial charge in [-0.05, 0) is 31.0 Å². The van der Waals surface area contributed by atoms with E-state index in [1.807, 2.05) is 42.5 Å². The van der Waals surface area contributed by atoms with Crippen LogP contribution >= 0.6 is 0 Å². The summed E-state index contributed by atoms with van der Waals surface area (Å²) in [7, 11) is 0. The third-order valence-electron chi connectivity index (χ3n) is 5.23. The first-order chi connectivity index (χ1) is 15.3. The van der Waals surface area contributed by atoms with E-state index in [0.29, 0.717) is 35.4 Å². The minimum Gasteiger partial charge on any atom is -0.467 e. The largest absolute Gasteiger partial charge is 0.467 e. The molecule has 0 aliphatic carbocycles. The van der Waals surface area contributed by atoms with Gasteiger partial charge in [0.05, 0.1) is 29.1 Å². The predicted molar refractivity (Wildman–Crippen MR) is 113 cm³/mol. The molecule has 1 unspecified atom stereocenters. The maximum absolute atomic E-state index is 13.0. The van der Waals surface area contributed by atoms with Crippen LogP contribution in [0.3, 0.4) is 0 Å². The number of furan rings is 1. The molecular formula is C23H22N4O4. The Morgan fingerprint density at radius 3 is 2.87 bits per heavy atom. The van der Waals surface area contributed by atoms with Crippen molar-refractivity contribution >= 4 is 16.9 Å². The first kappa shape index (κ1) is 19.5. The number of ether oxygens (including phenoxy) is 1. The van der Waals surface area contributed by atoms with Crippen LogP contribution in [0.25, 0.3) is 22.3 Å². The summed E-state index contributed by atoms with van der Waals surface area (Å²) in [4.78, 5) is 23.3. The van der Waals surface area contributed by atoms with Gasteiger partial charge in [0.25, 0.3) is 5.91 Å². The fourth-order valence-electron chi connectivity index (χ4n) is 3.64. The Labute approximate surface area is 178 Å². The number of rotatable bonds is 6. The first-order valence-electron chi connectivity index (χ1n) is 10.3. The number of hydrogen-bond acceptors (Lipinski definition) is 6. The second kappa shape index (κ2) is 8.71. The minimum atomic E-state index is -0.426. The summed E-state index contributed by atoms with van der Waals surface area (Å²) in [6.45, 7) is 1.05. The molecule has 1 fully saturated rings. The first-order valence-corrected chi connectivity index (χ1v) is 10.3. The van der Waals surface area contributed by atoms with E-state index in [9.17, 15) is 4.79 Å². The van der Waals surface area contributed by atoms with E-state index in [0.717, 1.165) is 30.6 Å². The number of aromatic nitrogens is 3. The van der Waals surface area contributed by atoms with E-state index in [-0.39, 0.29) is 5.91 Å².